The molecule has 0 unspecified atom stereocenters. The molecule has 5 aliphatic heterocycles. The molecule has 7 aromatic carbocycles. The molecule has 6 N–H and O–H groups in total. The number of amides is 6. The van der Waals surface area contributed by atoms with Gasteiger partial charge in [0.25, 0.3) is 35.4 Å². The number of likely N-dealkylation sites (N-methyl/N-ethyl adjacent to an activating group) is 1. The van der Waals surface area contributed by atoms with Crippen molar-refractivity contribution in [2.75, 3.05) is 33.0 Å². The normalized spacial score (nSPS) is 20.5. The molecule has 22 nitrogen and oxygen atoms in total. The monoisotopic (exact) mass is 1810 g/mol. The van der Waals surface area contributed by atoms with Crippen molar-refractivity contribution in [3.8, 4) is 11.5 Å². The maximum Gasteiger partial charge on any atom is 0.289 e. The zero-order chi connectivity index (χ0) is 94.5. The van der Waals surface area contributed by atoms with E-state index in [0.29, 0.717) is 98.8 Å². The van der Waals surface area contributed by atoms with Gasteiger partial charge in [-0.05, 0) is 211 Å². The van der Waals surface area contributed by atoms with E-state index in [1.807, 2.05) is 146 Å². The second kappa shape index (κ2) is 63.6. The Bertz CT molecular complexity index is 4830. The third kappa shape index (κ3) is 39.5. The number of fused-ring (bicyclic) bond motifs is 7. The lowest BCUT2D eigenvalue weighted by Gasteiger charge is -2.17. The summed E-state index contributed by atoms with van der Waals surface area (Å²) in [6, 6.07) is 50.1. The average Bonchev–Trinajstić information content (AvgIpc) is 1.75. The number of allylic oxidation sites excluding steroid dienone is 3. The van der Waals surface area contributed by atoms with Crippen LogP contribution in [0.5, 0.6) is 11.5 Å². The number of hydrogen-bond donors (Lipinski definition) is 6. The van der Waals surface area contributed by atoms with Crippen LogP contribution >= 0.6 is 0 Å². The molecule has 0 bridgehead atoms. The van der Waals surface area contributed by atoms with Gasteiger partial charge in [-0.15, -0.1) is 0 Å². The molecule has 7 aromatic rings. The SMILES string of the molecule is CCNC(=O)C(=O)[C@@H]1C/C=C/CCCCCCc2ccccc2C(=O)N1.O=C[C@@H]1CC=CCCCCCc2ccccc2C(=O)N1.O=C[C@@H]1CC=CCOCCOc2ccccc2C(=O)N1.O=C[C@@H]1CCCCCCCCCc2ccccc2C(=O)C1.O=C[C@@H]1CCCCCCCCc2ccccc2C(=O)N1.O=C[C@@H]1Cc2ccccc2C=CCCCCOc2ccccc2C(=O)N1. The first kappa shape index (κ1) is 106. The van der Waals surface area contributed by atoms with E-state index in [1.165, 1.54) is 51.4 Å². The van der Waals surface area contributed by atoms with Crippen LogP contribution in [0.1, 0.15) is 301 Å². The summed E-state index contributed by atoms with van der Waals surface area (Å²) in [5, 5.41) is 16.4. The third-order valence-electron chi connectivity index (χ3n) is 23.9. The van der Waals surface area contributed by atoms with Crippen molar-refractivity contribution in [2.24, 2.45) is 5.92 Å². The van der Waals surface area contributed by atoms with Gasteiger partial charge in [-0.25, -0.2) is 0 Å². The van der Waals surface area contributed by atoms with E-state index >= 15 is 0 Å². The molecule has 133 heavy (non-hydrogen) atoms. The van der Waals surface area contributed by atoms with Gasteiger partial charge in [-0.2, -0.15) is 0 Å². The molecule has 0 aromatic heterocycles. The molecule has 5 heterocycles. The molecular formula is C111H138N6O16. The molecule has 6 aliphatic rings. The van der Waals surface area contributed by atoms with Crippen molar-refractivity contribution in [2.45, 2.75) is 268 Å². The first-order chi connectivity index (χ1) is 65.1. The summed E-state index contributed by atoms with van der Waals surface area (Å²) in [4.78, 5) is 155. The Labute approximate surface area is 786 Å². The lowest BCUT2D eigenvalue weighted by atomic mass is 9.90. The molecular weight excluding hydrogens is 1670 g/mol. The predicted octanol–water partition coefficient (Wildman–Crippen LogP) is 19.2. The lowest BCUT2D eigenvalue weighted by Crippen LogP contribution is -2.47. The topological polar surface area (TPSA) is 322 Å². The van der Waals surface area contributed by atoms with E-state index in [9.17, 15) is 62.3 Å². The number of benzene rings is 7. The molecule has 0 fully saturated rings. The van der Waals surface area contributed by atoms with Crippen LogP contribution in [0.4, 0.5) is 0 Å². The average molecular weight is 1810 g/mol. The van der Waals surface area contributed by atoms with Gasteiger partial charge in [-0.3, -0.25) is 38.4 Å². The minimum Gasteiger partial charge on any atom is -0.493 e. The summed E-state index contributed by atoms with van der Waals surface area (Å²) in [5.74, 6) is -1.34. The number of aryl methyl sites for hydroxylation is 4. The minimum absolute atomic E-state index is 0.103. The van der Waals surface area contributed by atoms with Crippen LogP contribution in [0.25, 0.3) is 6.08 Å². The summed E-state index contributed by atoms with van der Waals surface area (Å²) in [6.07, 6.45) is 55.7. The van der Waals surface area contributed by atoms with E-state index in [4.69, 9.17) is 14.2 Å². The molecule has 1 aliphatic carbocycles. The lowest BCUT2D eigenvalue weighted by molar-refractivity contribution is -0.138. The highest BCUT2D eigenvalue weighted by Crippen LogP contribution is 2.27. The molecule has 6 amide bonds. The van der Waals surface area contributed by atoms with Gasteiger partial charge in [0, 0.05) is 47.6 Å². The molecule has 0 saturated heterocycles. The number of nitrogens with one attached hydrogen (secondary N) is 6. The van der Waals surface area contributed by atoms with Crippen molar-refractivity contribution in [1.29, 1.82) is 0 Å². The smallest absolute Gasteiger partial charge is 0.289 e. The number of para-hydroxylation sites is 2. The number of ether oxygens (including phenoxy) is 3. The summed E-state index contributed by atoms with van der Waals surface area (Å²) in [7, 11) is 0. The van der Waals surface area contributed by atoms with Crippen molar-refractivity contribution < 1.29 is 76.5 Å². The molecule has 0 radical (unpaired) electrons. The molecule has 708 valence electrons. The van der Waals surface area contributed by atoms with Crippen LogP contribution in [0.15, 0.2) is 212 Å². The summed E-state index contributed by atoms with van der Waals surface area (Å²) in [6.45, 7) is 3.97. The van der Waals surface area contributed by atoms with Crippen LogP contribution in [0, 0.1) is 5.92 Å². The van der Waals surface area contributed by atoms with Crippen molar-refractivity contribution in [3.63, 3.8) is 0 Å². The van der Waals surface area contributed by atoms with Gasteiger partial charge < -0.3 is 70.1 Å². The summed E-state index contributed by atoms with van der Waals surface area (Å²) in [5.41, 5.74) is 10.1. The number of rotatable bonds is 8. The number of ketones is 2. The quantitative estimate of drug-likeness (QED) is 0.0468. The number of carbonyl (C=O) groups is 13. The van der Waals surface area contributed by atoms with E-state index in [-0.39, 0.29) is 47.3 Å². The molecule has 0 saturated carbocycles. The second-order valence-corrected chi connectivity index (χ2v) is 34.2. The van der Waals surface area contributed by atoms with Gasteiger partial charge in [0.2, 0.25) is 5.78 Å². The van der Waals surface area contributed by atoms with Gasteiger partial charge >= 0.3 is 0 Å². The van der Waals surface area contributed by atoms with E-state index in [0.717, 1.165) is 224 Å². The fraction of sp³-hybridized carbons (Fsp3) is 0.432. The van der Waals surface area contributed by atoms with Gasteiger partial charge in [0.05, 0.1) is 55.1 Å². The van der Waals surface area contributed by atoms with Gasteiger partial charge in [-0.1, -0.05) is 266 Å². The molecule has 22 heteroatoms. The number of carbonyl (C=O) groups excluding carboxylic acids is 13. The Morgan fingerprint density at radius 1 is 0.338 bits per heavy atom. The van der Waals surface area contributed by atoms with Gasteiger partial charge in [0.1, 0.15) is 55.6 Å². The third-order valence-corrected chi connectivity index (χ3v) is 23.9. The van der Waals surface area contributed by atoms with Crippen LogP contribution in [-0.2, 0) is 70.4 Å². The molecule has 6 atom stereocenters. The van der Waals surface area contributed by atoms with Crippen LogP contribution < -0.4 is 41.4 Å². The summed E-state index contributed by atoms with van der Waals surface area (Å²) < 4.78 is 16.7. The van der Waals surface area contributed by atoms with Gasteiger partial charge in [0.15, 0.2) is 5.78 Å². The van der Waals surface area contributed by atoms with E-state index in [2.05, 4.69) is 56.2 Å². The van der Waals surface area contributed by atoms with E-state index in [1.54, 1.807) is 55.5 Å². The Balaban J connectivity index is 0.000000197. The van der Waals surface area contributed by atoms with Crippen LogP contribution in [0.2, 0.25) is 0 Å². The zero-order valence-electron chi connectivity index (χ0n) is 77.7. The predicted molar refractivity (Wildman–Crippen MR) is 523 cm³/mol. The highest BCUT2D eigenvalue weighted by atomic mass is 16.5. The standard InChI is InChI=1S/C22H23NO3.C21H28N2O3.C19H26O2.C17H23NO2.C17H21NO2.C15H17NO4/c24-16-19-15-18-11-5-4-10-17(18)9-3-1-2-8-14-26-21-13-7-6-12-20(21)22(25)23-19;1-2-22-21(26)19(24)18-15-9-7-5-3-4-6-8-12-16-13-10-11-14-17(16)20(25)23-18;20-15-16-10-6-4-2-1-3-5-7-11-17-12-8-9-13-18(17)19(21)14-16;2*19-13-15-11-6-4-2-1-3-5-9-14-10-7-8-12-16(14)17(20)18-15;17-11-12-5-3-4-8-19-9-10-20-14-7-2-1-6-13(14)15(18)16-12/h3-7,9-13,16,19H,1-2,8,14-15H2,(H,23,25);7,9-11,13-14,18H,2-6,8,12,15H2,1H3,(H,22,26)(H,23,25);8-9,12-13,15-16H,1-7,10-11,14H2;7-8,10,12-13,15H,1-6,9,11H2,(H,18,20);4,6-8,10,12-13,15H,1-3,5,9,11H2,(H,18,20);1-4,6-7,11-12H,5,8-10H2,(H,16,18)/b;9-7+;;;;/t19-;18-;16-;2*15-;12-/m001000/s1. The Morgan fingerprint density at radius 2 is 0.722 bits per heavy atom. The first-order valence-corrected chi connectivity index (χ1v) is 48.3. The zero-order valence-corrected chi connectivity index (χ0v) is 77.7. The Kier molecular flexibility index (Phi) is 50.7. The fourth-order valence-corrected chi connectivity index (χ4v) is 16.4. The Morgan fingerprint density at radius 3 is 1.24 bits per heavy atom. The summed E-state index contributed by atoms with van der Waals surface area (Å²) >= 11 is 0. The highest BCUT2D eigenvalue weighted by Gasteiger charge is 2.28. The van der Waals surface area contributed by atoms with Crippen LogP contribution in [-0.4, -0.2) is 142 Å². The highest BCUT2D eigenvalue weighted by molar-refractivity contribution is 6.38. The molecule has 13 rings (SSSR count). The first-order valence-electron chi connectivity index (χ1n) is 48.3. The van der Waals surface area contributed by atoms with Crippen molar-refractivity contribution in [3.05, 3.63) is 279 Å². The van der Waals surface area contributed by atoms with Crippen molar-refractivity contribution in [1.82, 2.24) is 31.9 Å². The number of Topliss-reactive ketones (excluding diaryl/α,β-unsaturated/α-hetero) is 2. The Hall–Kier alpha value is -12.4. The fourth-order valence-electron chi connectivity index (χ4n) is 16.4. The number of hydrogen-bond acceptors (Lipinski definition) is 16. The minimum atomic E-state index is -0.846. The molecule has 0 spiro atoms. The number of aldehydes is 5. The van der Waals surface area contributed by atoms with E-state index < -0.39 is 35.9 Å². The van der Waals surface area contributed by atoms with Crippen molar-refractivity contribution >= 4 is 84.5 Å². The largest absolute Gasteiger partial charge is 0.493 e. The van der Waals surface area contributed by atoms with Crippen LogP contribution in [0.3, 0.4) is 0 Å². The maximum absolute atomic E-state index is 12.8. The maximum atomic E-state index is 12.8. The second-order valence-electron chi connectivity index (χ2n) is 34.2.